The Morgan fingerprint density at radius 3 is 2.85 bits per heavy atom. The number of anilines is 1. The van der Waals surface area contributed by atoms with Crippen LogP contribution >= 0.6 is 11.6 Å². The van der Waals surface area contributed by atoms with Crippen LogP contribution < -0.4 is 10.6 Å². The van der Waals surface area contributed by atoms with E-state index in [1.807, 2.05) is 31.2 Å². The molecule has 106 valence electrons. The number of hydrogen-bond acceptors (Lipinski definition) is 4. The van der Waals surface area contributed by atoms with E-state index < -0.39 is 6.04 Å². The number of benzene rings is 1. The number of aromatic nitrogens is 2. The van der Waals surface area contributed by atoms with Gasteiger partial charge in [0.05, 0.1) is 5.52 Å². The summed E-state index contributed by atoms with van der Waals surface area (Å²) in [7, 11) is 0. The molecular formula is C14H17ClN4O. The topological polar surface area (TPSA) is 66.9 Å². The van der Waals surface area contributed by atoms with Crippen molar-refractivity contribution in [2.24, 2.45) is 0 Å². The quantitative estimate of drug-likeness (QED) is 0.831. The third-order valence-electron chi connectivity index (χ3n) is 2.87. The van der Waals surface area contributed by atoms with Gasteiger partial charge in [0.15, 0.2) is 0 Å². The summed E-state index contributed by atoms with van der Waals surface area (Å²) in [6.07, 6.45) is 0.903. The van der Waals surface area contributed by atoms with E-state index >= 15 is 0 Å². The highest BCUT2D eigenvalue weighted by atomic mass is 35.5. The van der Waals surface area contributed by atoms with E-state index in [9.17, 15) is 4.79 Å². The molecule has 20 heavy (non-hydrogen) atoms. The molecule has 1 unspecified atom stereocenters. The summed E-state index contributed by atoms with van der Waals surface area (Å²) in [6.45, 7) is 4.46. The maximum absolute atomic E-state index is 11.9. The van der Waals surface area contributed by atoms with Crippen LogP contribution in [-0.4, -0.2) is 28.5 Å². The Hall–Kier alpha value is -1.88. The first-order valence-electron chi connectivity index (χ1n) is 6.58. The Morgan fingerprint density at radius 2 is 2.10 bits per heavy atom. The van der Waals surface area contributed by atoms with Gasteiger partial charge in [-0.2, -0.15) is 0 Å². The first kappa shape index (κ1) is 14.5. The lowest BCUT2D eigenvalue weighted by Gasteiger charge is -2.15. The van der Waals surface area contributed by atoms with Gasteiger partial charge in [-0.05, 0) is 37.1 Å². The Labute approximate surface area is 122 Å². The molecule has 5 nitrogen and oxygen atoms in total. The lowest BCUT2D eigenvalue weighted by atomic mass is 10.2. The molecule has 0 aliphatic rings. The minimum Gasteiger partial charge on any atom is -0.358 e. The zero-order chi connectivity index (χ0) is 14.5. The molecule has 0 bridgehead atoms. The van der Waals surface area contributed by atoms with Crippen LogP contribution in [0.2, 0.25) is 5.28 Å². The Morgan fingerprint density at radius 1 is 1.35 bits per heavy atom. The number of carbonyl (C=O) groups excluding carboxylic acids is 1. The summed E-state index contributed by atoms with van der Waals surface area (Å²) < 4.78 is 0. The summed E-state index contributed by atoms with van der Waals surface area (Å²) in [6, 6.07) is 7.14. The smallest absolute Gasteiger partial charge is 0.242 e. The second-order valence-corrected chi connectivity index (χ2v) is 4.85. The predicted molar refractivity (Wildman–Crippen MR) is 80.9 cm³/mol. The van der Waals surface area contributed by atoms with Crippen LogP contribution in [0.1, 0.15) is 20.3 Å². The molecule has 2 N–H and O–H groups in total. The number of hydrogen-bond donors (Lipinski definition) is 2. The van der Waals surface area contributed by atoms with Crippen molar-refractivity contribution in [2.45, 2.75) is 26.3 Å². The summed E-state index contributed by atoms with van der Waals surface area (Å²) in [5.41, 5.74) is 0.746. The van der Waals surface area contributed by atoms with Crippen LogP contribution in [0.4, 0.5) is 5.82 Å². The molecule has 1 atom stereocenters. The zero-order valence-electron chi connectivity index (χ0n) is 11.5. The van der Waals surface area contributed by atoms with Crippen LogP contribution in [0.3, 0.4) is 0 Å². The van der Waals surface area contributed by atoms with E-state index in [1.165, 1.54) is 0 Å². The minimum atomic E-state index is -0.393. The predicted octanol–water partition coefficient (Wildman–Crippen LogP) is 2.61. The van der Waals surface area contributed by atoms with E-state index in [0.29, 0.717) is 12.4 Å². The SMILES string of the molecule is CCCNC(=O)C(C)Nc1nc(Cl)nc2ccccc12. The normalized spacial score (nSPS) is 12.2. The van der Waals surface area contributed by atoms with Crippen molar-refractivity contribution in [1.82, 2.24) is 15.3 Å². The molecule has 0 saturated heterocycles. The molecule has 6 heteroatoms. The molecule has 1 amide bonds. The maximum Gasteiger partial charge on any atom is 0.242 e. The highest BCUT2D eigenvalue weighted by Crippen LogP contribution is 2.22. The monoisotopic (exact) mass is 292 g/mol. The standard InChI is InChI=1S/C14H17ClN4O/c1-3-8-16-13(20)9(2)17-12-10-6-4-5-7-11(10)18-14(15)19-12/h4-7,9H,3,8H2,1-2H3,(H,16,20)(H,17,18,19). The van der Waals surface area contributed by atoms with Crippen LogP contribution in [0, 0.1) is 0 Å². The van der Waals surface area contributed by atoms with E-state index in [-0.39, 0.29) is 11.2 Å². The largest absolute Gasteiger partial charge is 0.358 e. The second-order valence-electron chi connectivity index (χ2n) is 4.52. The van der Waals surface area contributed by atoms with Gasteiger partial charge in [0, 0.05) is 11.9 Å². The van der Waals surface area contributed by atoms with Gasteiger partial charge in [0.25, 0.3) is 0 Å². The van der Waals surface area contributed by atoms with Crippen molar-refractivity contribution in [3.63, 3.8) is 0 Å². The highest BCUT2D eigenvalue weighted by molar-refractivity contribution is 6.28. The number of halogens is 1. The van der Waals surface area contributed by atoms with Crippen LogP contribution in [-0.2, 0) is 4.79 Å². The lowest BCUT2D eigenvalue weighted by molar-refractivity contribution is -0.121. The van der Waals surface area contributed by atoms with Gasteiger partial charge < -0.3 is 10.6 Å². The van der Waals surface area contributed by atoms with Crippen molar-refractivity contribution in [1.29, 1.82) is 0 Å². The molecule has 2 aromatic rings. The summed E-state index contributed by atoms with van der Waals surface area (Å²) in [5, 5.41) is 6.92. The average molecular weight is 293 g/mol. The number of nitrogens with zero attached hydrogens (tertiary/aromatic N) is 2. The van der Waals surface area contributed by atoms with Gasteiger partial charge in [0.2, 0.25) is 11.2 Å². The van der Waals surface area contributed by atoms with Crippen LogP contribution in [0.25, 0.3) is 10.9 Å². The van der Waals surface area contributed by atoms with E-state index in [2.05, 4.69) is 20.6 Å². The van der Waals surface area contributed by atoms with Crippen molar-refractivity contribution in [3.8, 4) is 0 Å². The van der Waals surface area contributed by atoms with Crippen molar-refractivity contribution in [2.75, 3.05) is 11.9 Å². The van der Waals surface area contributed by atoms with Crippen molar-refractivity contribution >= 4 is 34.2 Å². The Kier molecular flexibility index (Phi) is 4.74. The molecule has 0 saturated carbocycles. The van der Waals surface area contributed by atoms with E-state index in [1.54, 1.807) is 6.92 Å². The Bertz CT molecular complexity index is 617. The van der Waals surface area contributed by atoms with Crippen molar-refractivity contribution in [3.05, 3.63) is 29.5 Å². The lowest BCUT2D eigenvalue weighted by Crippen LogP contribution is -2.38. The van der Waals surface area contributed by atoms with Crippen LogP contribution in [0.5, 0.6) is 0 Å². The second kappa shape index (κ2) is 6.52. The maximum atomic E-state index is 11.9. The molecule has 2 rings (SSSR count). The number of amides is 1. The zero-order valence-corrected chi connectivity index (χ0v) is 12.2. The fourth-order valence-corrected chi connectivity index (χ4v) is 2.01. The number of carbonyl (C=O) groups is 1. The Balaban J connectivity index is 2.22. The van der Waals surface area contributed by atoms with Gasteiger partial charge >= 0.3 is 0 Å². The van der Waals surface area contributed by atoms with Gasteiger partial charge in [0.1, 0.15) is 11.9 Å². The fourth-order valence-electron chi connectivity index (χ4n) is 1.83. The molecule has 0 aliphatic heterocycles. The van der Waals surface area contributed by atoms with E-state index in [0.717, 1.165) is 17.3 Å². The molecular weight excluding hydrogens is 276 g/mol. The van der Waals surface area contributed by atoms with Gasteiger partial charge in [-0.3, -0.25) is 4.79 Å². The van der Waals surface area contributed by atoms with Gasteiger partial charge in [-0.15, -0.1) is 0 Å². The number of rotatable bonds is 5. The molecule has 0 spiro atoms. The number of fused-ring (bicyclic) bond motifs is 1. The molecule has 0 radical (unpaired) electrons. The fraction of sp³-hybridized carbons (Fsp3) is 0.357. The van der Waals surface area contributed by atoms with Gasteiger partial charge in [-0.25, -0.2) is 9.97 Å². The van der Waals surface area contributed by atoms with Gasteiger partial charge in [-0.1, -0.05) is 19.1 Å². The minimum absolute atomic E-state index is 0.0642. The third-order valence-corrected chi connectivity index (χ3v) is 3.04. The first-order valence-corrected chi connectivity index (χ1v) is 6.96. The summed E-state index contributed by atoms with van der Waals surface area (Å²) >= 11 is 5.91. The first-order chi connectivity index (χ1) is 9.61. The number of nitrogens with one attached hydrogen (secondary N) is 2. The third kappa shape index (κ3) is 3.36. The summed E-state index contributed by atoms with van der Waals surface area (Å²) in [4.78, 5) is 20.2. The molecule has 1 aromatic carbocycles. The van der Waals surface area contributed by atoms with Crippen LogP contribution in [0.15, 0.2) is 24.3 Å². The highest BCUT2D eigenvalue weighted by Gasteiger charge is 2.14. The molecule has 0 aliphatic carbocycles. The van der Waals surface area contributed by atoms with E-state index in [4.69, 9.17) is 11.6 Å². The molecule has 0 fully saturated rings. The molecule has 1 aromatic heterocycles. The number of para-hydroxylation sites is 1. The summed E-state index contributed by atoms with van der Waals surface area (Å²) in [5.74, 6) is 0.505. The van der Waals surface area contributed by atoms with Crippen molar-refractivity contribution < 1.29 is 4.79 Å². The molecule has 1 heterocycles. The average Bonchev–Trinajstić information content (AvgIpc) is 2.44.